The van der Waals surface area contributed by atoms with E-state index in [0.717, 1.165) is 31.5 Å². The van der Waals surface area contributed by atoms with E-state index >= 15 is 0 Å². The second-order valence-corrected chi connectivity index (χ2v) is 5.52. The number of carboxylic acid groups (broad SMARTS) is 1. The van der Waals surface area contributed by atoms with E-state index in [2.05, 4.69) is 6.92 Å². The third-order valence-electron chi connectivity index (χ3n) is 3.90. The highest BCUT2D eigenvalue weighted by Crippen LogP contribution is 2.18. The summed E-state index contributed by atoms with van der Waals surface area (Å²) in [6.45, 7) is 2.77. The largest absolute Gasteiger partial charge is 0.480 e. The molecule has 1 aromatic rings. The molecule has 0 aliphatic carbocycles. The maximum absolute atomic E-state index is 12.5. The molecule has 1 aliphatic rings. The molecule has 0 radical (unpaired) electrons. The Morgan fingerprint density at radius 2 is 1.95 bits per heavy atom. The number of hydrogen-bond donors (Lipinski definition) is 1. The highest BCUT2D eigenvalue weighted by atomic mass is 16.4. The first-order valence-corrected chi connectivity index (χ1v) is 7.39. The van der Waals surface area contributed by atoms with Crippen molar-refractivity contribution in [3.8, 4) is 0 Å². The van der Waals surface area contributed by atoms with E-state index in [0.29, 0.717) is 0 Å². The minimum absolute atomic E-state index is 0.00676. The smallest absolute Gasteiger partial charge is 0.323 e. The van der Waals surface area contributed by atoms with Crippen LogP contribution < -0.4 is 4.90 Å². The third kappa shape index (κ3) is 4.21. The lowest BCUT2D eigenvalue weighted by Crippen LogP contribution is -2.47. The summed E-state index contributed by atoms with van der Waals surface area (Å²) in [6.07, 6.45) is 3.21. The summed E-state index contributed by atoms with van der Waals surface area (Å²) in [5.41, 5.74) is 0.762. The van der Waals surface area contributed by atoms with Gasteiger partial charge >= 0.3 is 5.97 Å². The molecule has 5 heteroatoms. The highest BCUT2D eigenvalue weighted by molar-refractivity contribution is 5.84. The summed E-state index contributed by atoms with van der Waals surface area (Å²) in [5, 5.41) is 9.05. The molecule has 1 aliphatic heterocycles. The number of hydrogen-bond acceptors (Lipinski definition) is 3. The van der Waals surface area contributed by atoms with Crippen molar-refractivity contribution in [1.29, 1.82) is 0 Å². The number of likely N-dealkylation sites (tertiary alicyclic amines) is 1. The van der Waals surface area contributed by atoms with Crippen LogP contribution >= 0.6 is 0 Å². The van der Waals surface area contributed by atoms with Gasteiger partial charge in [0.05, 0.1) is 6.54 Å². The van der Waals surface area contributed by atoms with Gasteiger partial charge in [0.1, 0.15) is 6.54 Å². The monoisotopic (exact) mass is 290 g/mol. The van der Waals surface area contributed by atoms with Crippen LogP contribution in [-0.4, -0.2) is 47.6 Å². The SMILES string of the molecule is C[C@@H]1CCCCN1C(=O)CN(CC(=O)O)c1ccccc1. The van der Waals surface area contributed by atoms with E-state index < -0.39 is 5.97 Å². The molecule has 0 aromatic heterocycles. The Labute approximate surface area is 125 Å². The Balaban J connectivity index is 2.07. The number of carbonyl (C=O) groups excluding carboxylic acids is 1. The van der Waals surface area contributed by atoms with Crippen LogP contribution in [0.5, 0.6) is 0 Å². The average Bonchev–Trinajstić information content (AvgIpc) is 2.47. The van der Waals surface area contributed by atoms with Gasteiger partial charge in [-0.25, -0.2) is 0 Å². The number of amides is 1. The Morgan fingerprint density at radius 1 is 1.24 bits per heavy atom. The van der Waals surface area contributed by atoms with Gasteiger partial charge in [-0.1, -0.05) is 18.2 Å². The molecule has 1 amide bonds. The molecule has 1 atom stereocenters. The number of rotatable bonds is 5. The first kappa shape index (κ1) is 15.4. The number of piperidine rings is 1. The Hall–Kier alpha value is -2.04. The van der Waals surface area contributed by atoms with Crippen LogP contribution in [-0.2, 0) is 9.59 Å². The minimum Gasteiger partial charge on any atom is -0.480 e. The van der Waals surface area contributed by atoms with E-state index in [4.69, 9.17) is 5.11 Å². The number of nitrogens with zero attached hydrogens (tertiary/aromatic N) is 2. The predicted molar refractivity (Wildman–Crippen MR) is 81.3 cm³/mol. The van der Waals surface area contributed by atoms with Gasteiger partial charge in [0.25, 0.3) is 0 Å². The molecular formula is C16H22N2O3. The summed E-state index contributed by atoms with van der Waals surface area (Å²) in [6, 6.07) is 9.47. The molecule has 0 saturated carbocycles. The van der Waals surface area contributed by atoms with E-state index in [-0.39, 0.29) is 25.0 Å². The fourth-order valence-electron chi connectivity index (χ4n) is 2.76. The van der Waals surface area contributed by atoms with Gasteiger partial charge < -0.3 is 14.9 Å². The zero-order valence-electron chi connectivity index (χ0n) is 12.4. The summed E-state index contributed by atoms with van der Waals surface area (Å²) >= 11 is 0. The van der Waals surface area contributed by atoms with Gasteiger partial charge in [0.2, 0.25) is 5.91 Å². The standard InChI is InChI=1S/C16H22N2O3/c1-13-7-5-6-10-18(13)15(19)11-17(12-16(20)21)14-8-3-2-4-9-14/h2-4,8-9,13H,5-7,10-12H2,1H3,(H,20,21)/t13-/m1/s1. The molecular weight excluding hydrogens is 268 g/mol. The normalized spacial score (nSPS) is 18.3. The zero-order chi connectivity index (χ0) is 15.2. The van der Waals surface area contributed by atoms with Crippen LogP contribution in [0, 0.1) is 0 Å². The highest BCUT2D eigenvalue weighted by Gasteiger charge is 2.25. The van der Waals surface area contributed by atoms with Gasteiger partial charge in [0, 0.05) is 18.3 Å². The lowest BCUT2D eigenvalue weighted by Gasteiger charge is -2.35. The third-order valence-corrected chi connectivity index (χ3v) is 3.90. The molecule has 0 unspecified atom stereocenters. The van der Waals surface area contributed by atoms with Crippen molar-refractivity contribution in [3.63, 3.8) is 0 Å². The van der Waals surface area contributed by atoms with Crippen LogP contribution in [0.2, 0.25) is 0 Å². The van der Waals surface area contributed by atoms with E-state index in [9.17, 15) is 9.59 Å². The summed E-state index contributed by atoms with van der Waals surface area (Å²) in [7, 11) is 0. The Morgan fingerprint density at radius 3 is 2.57 bits per heavy atom. The first-order chi connectivity index (χ1) is 10.1. The van der Waals surface area contributed by atoms with Gasteiger partial charge in [0.15, 0.2) is 0 Å². The van der Waals surface area contributed by atoms with Crippen molar-refractivity contribution in [1.82, 2.24) is 4.90 Å². The maximum Gasteiger partial charge on any atom is 0.323 e. The molecule has 1 fully saturated rings. The van der Waals surface area contributed by atoms with Crippen LogP contribution in [0.15, 0.2) is 30.3 Å². The van der Waals surface area contributed by atoms with Crippen molar-refractivity contribution in [2.24, 2.45) is 0 Å². The molecule has 1 saturated heterocycles. The molecule has 114 valence electrons. The van der Waals surface area contributed by atoms with Crippen LogP contribution in [0.3, 0.4) is 0 Å². The van der Waals surface area contributed by atoms with E-state index in [1.807, 2.05) is 35.2 Å². The summed E-state index contributed by atoms with van der Waals surface area (Å²) in [4.78, 5) is 27.0. The van der Waals surface area contributed by atoms with Gasteiger partial charge in [-0.05, 0) is 38.3 Å². The molecule has 0 bridgehead atoms. The number of aliphatic carboxylic acids is 1. The number of anilines is 1. The second kappa shape index (κ2) is 7.11. The molecule has 2 rings (SSSR count). The number of carboxylic acids is 1. The fourth-order valence-corrected chi connectivity index (χ4v) is 2.76. The molecule has 1 N–H and O–H groups in total. The molecule has 1 heterocycles. The van der Waals surface area contributed by atoms with Crippen molar-refractivity contribution < 1.29 is 14.7 Å². The lowest BCUT2D eigenvalue weighted by molar-refractivity contribution is -0.135. The maximum atomic E-state index is 12.5. The van der Waals surface area contributed by atoms with Crippen molar-refractivity contribution in [3.05, 3.63) is 30.3 Å². The van der Waals surface area contributed by atoms with Crippen LogP contribution in [0.25, 0.3) is 0 Å². The molecule has 0 spiro atoms. The van der Waals surface area contributed by atoms with Gasteiger partial charge in [-0.15, -0.1) is 0 Å². The molecule has 5 nitrogen and oxygen atoms in total. The quantitative estimate of drug-likeness (QED) is 0.900. The van der Waals surface area contributed by atoms with Crippen molar-refractivity contribution in [2.75, 3.05) is 24.5 Å². The predicted octanol–water partition coefficient (Wildman–Crippen LogP) is 1.98. The van der Waals surface area contributed by atoms with Crippen molar-refractivity contribution >= 4 is 17.6 Å². The van der Waals surface area contributed by atoms with Crippen molar-refractivity contribution in [2.45, 2.75) is 32.2 Å². The number of benzene rings is 1. The summed E-state index contributed by atoms with van der Waals surface area (Å²) in [5.74, 6) is -0.925. The minimum atomic E-state index is -0.932. The van der Waals surface area contributed by atoms with E-state index in [1.54, 1.807) is 4.90 Å². The van der Waals surface area contributed by atoms with Gasteiger partial charge in [-0.3, -0.25) is 9.59 Å². The lowest BCUT2D eigenvalue weighted by atomic mass is 10.0. The Bertz CT molecular complexity index is 490. The number of para-hydroxylation sites is 1. The van der Waals surface area contributed by atoms with Crippen LogP contribution in [0.1, 0.15) is 26.2 Å². The van der Waals surface area contributed by atoms with E-state index in [1.165, 1.54) is 0 Å². The zero-order valence-corrected chi connectivity index (χ0v) is 12.4. The average molecular weight is 290 g/mol. The van der Waals surface area contributed by atoms with Crippen LogP contribution in [0.4, 0.5) is 5.69 Å². The Kier molecular flexibility index (Phi) is 5.20. The number of carbonyl (C=O) groups is 2. The molecule has 1 aromatic carbocycles. The topological polar surface area (TPSA) is 60.9 Å². The van der Waals surface area contributed by atoms with Gasteiger partial charge in [-0.2, -0.15) is 0 Å². The fraction of sp³-hybridized carbons (Fsp3) is 0.500. The summed E-state index contributed by atoms with van der Waals surface area (Å²) < 4.78 is 0. The second-order valence-electron chi connectivity index (χ2n) is 5.52. The first-order valence-electron chi connectivity index (χ1n) is 7.39. The molecule has 21 heavy (non-hydrogen) atoms.